The molecule has 2 aromatic carbocycles. The van der Waals surface area contributed by atoms with Crippen LogP contribution in [0.4, 0.5) is 24.7 Å². The predicted octanol–water partition coefficient (Wildman–Crippen LogP) is 5.49. The monoisotopic (exact) mass is 341 g/mol. The van der Waals surface area contributed by atoms with E-state index in [4.69, 9.17) is 5.26 Å². The lowest BCUT2D eigenvalue weighted by Gasteiger charge is -2.16. The van der Waals surface area contributed by atoms with Crippen molar-refractivity contribution in [3.8, 4) is 6.07 Å². The van der Waals surface area contributed by atoms with Gasteiger partial charge in [-0.25, -0.2) is 4.98 Å². The van der Waals surface area contributed by atoms with Crippen LogP contribution in [-0.2, 0) is 6.18 Å². The maximum absolute atomic E-state index is 13.3. The molecule has 1 N–H and O–H groups in total. The maximum atomic E-state index is 13.3. The second-order valence-electron chi connectivity index (χ2n) is 5.81. The Morgan fingerprint density at radius 2 is 1.76 bits per heavy atom. The Morgan fingerprint density at radius 1 is 1.04 bits per heavy atom. The molecule has 0 spiro atoms. The summed E-state index contributed by atoms with van der Waals surface area (Å²) in [5, 5.41) is 13.3. The number of nitrogens with one attached hydrogen (secondary N) is 1. The average molecular weight is 341 g/mol. The highest BCUT2D eigenvalue weighted by atomic mass is 19.4. The molecule has 3 nitrogen and oxygen atoms in total. The van der Waals surface area contributed by atoms with Crippen LogP contribution in [-0.4, -0.2) is 4.98 Å². The predicted molar refractivity (Wildman–Crippen MR) is 90.7 cm³/mol. The van der Waals surface area contributed by atoms with Gasteiger partial charge in [0.15, 0.2) is 0 Å². The number of nitrogens with zero attached hydrogens (tertiary/aromatic N) is 2. The normalized spacial score (nSPS) is 11.4. The van der Waals surface area contributed by atoms with Gasteiger partial charge in [-0.05, 0) is 60.7 Å². The number of pyridine rings is 1. The van der Waals surface area contributed by atoms with Crippen LogP contribution in [0.25, 0.3) is 10.8 Å². The average Bonchev–Trinajstić information content (AvgIpc) is 2.56. The fourth-order valence-electron chi connectivity index (χ4n) is 2.63. The molecule has 0 fully saturated rings. The van der Waals surface area contributed by atoms with Crippen LogP contribution < -0.4 is 5.32 Å². The highest BCUT2D eigenvalue weighted by molar-refractivity contribution is 5.94. The Labute approximate surface area is 142 Å². The first kappa shape index (κ1) is 16.8. The van der Waals surface area contributed by atoms with Gasteiger partial charge >= 0.3 is 6.18 Å². The molecular weight excluding hydrogens is 327 g/mol. The summed E-state index contributed by atoms with van der Waals surface area (Å²) in [5.41, 5.74) is 1.05. The molecule has 0 atom stereocenters. The van der Waals surface area contributed by atoms with E-state index in [-0.39, 0.29) is 11.3 Å². The van der Waals surface area contributed by atoms with Gasteiger partial charge in [0.05, 0.1) is 22.9 Å². The third-order valence-electron chi connectivity index (χ3n) is 4.09. The quantitative estimate of drug-likeness (QED) is 0.671. The molecule has 1 heterocycles. The van der Waals surface area contributed by atoms with Gasteiger partial charge in [0, 0.05) is 11.6 Å². The summed E-state index contributed by atoms with van der Waals surface area (Å²) in [6, 6.07) is 10.9. The number of hydrogen-bond acceptors (Lipinski definition) is 3. The van der Waals surface area contributed by atoms with E-state index in [1.807, 2.05) is 32.0 Å². The summed E-state index contributed by atoms with van der Waals surface area (Å²) < 4.78 is 40.0. The minimum atomic E-state index is -4.58. The second-order valence-corrected chi connectivity index (χ2v) is 5.81. The van der Waals surface area contributed by atoms with Crippen molar-refractivity contribution in [1.29, 1.82) is 5.26 Å². The van der Waals surface area contributed by atoms with Crippen LogP contribution >= 0.6 is 0 Å². The first-order valence-electron chi connectivity index (χ1n) is 7.54. The van der Waals surface area contributed by atoms with Gasteiger partial charge in [-0.1, -0.05) is 6.07 Å². The van der Waals surface area contributed by atoms with E-state index in [0.29, 0.717) is 5.82 Å². The number of aromatic nitrogens is 1. The Hall–Kier alpha value is -3.07. The second kappa shape index (κ2) is 6.10. The Balaban J connectivity index is 2.14. The number of benzene rings is 2. The van der Waals surface area contributed by atoms with Crippen molar-refractivity contribution in [3.63, 3.8) is 0 Å². The highest BCUT2D eigenvalue weighted by Crippen LogP contribution is 2.37. The number of alkyl halides is 3. The van der Waals surface area contributed by atoms with Crippen molar-refractivity contribution in [2.75, 3.05) is 5.32 Å². The minimum absolute atomic E-state index is 0.0461. The third kappa shape index (κ3) is 3.26. The molecule has 0 saturated heterocycles. The summed E-state index contributed by atoms with van der Waals surface area (Å²) >= 11 is 0. The van der Waals surface area contributed by atoms with Crippen LogP contribution in [0.2, 0.25) is 0 Å². The first-order chi connectivity index (χ1) is 11.8. The SMILES string of the molecule is Cc1cc2ccnc(Nc3ccc(C#N)cc3C(F)(F)F)c2cc1C. The number of halogens is 3. The molecule has 6 heteroatoms. The number of nitriles is 1. The zero-order valence-electron chi connectivity index (χ0n) is 13.6. The Morgan fingerprint density at radius 3 is 2.44 bits per heavy atom. The lowest BCUT2D eigenvalue weighted by Crippen LogP contribution is -2.10. The van der Waals surface area contributed by atoms with Crippen LogP contribution in [0.3, 0.4) is 0 Å². The van der Waals surface area contributed by atoms with E-state index in [2.05, 4.69) is 10.3 Å². The third-order valence-corrected chi connectivity index (χ3v) is 4.09. The van der Waals surface area contributed by atoms with Crippen molar-refractivity contribution in [1.82, 2.24) is 4.98 Å². The topological polar surface area (TPSA) is 48.7 Å². The highest BCUT2D eigenvalue weighted by Gasteiger charge is 2.34. The van der Waals surface area contributed by atoms with Crippen molar-refractivity contribution >= 4 is 22.3 Å². The molecule has 126 valence electrons. The summed E-state index contributed by atoms with van der Waals surface area (Å²) in [6.45, 7) is 3.92. The molecule has 3 aromatic rings. The minimum Gasteiger partial charge on any atom is -0.339 e. The van der Waals surface area contributed by atoms with Gasteiger partial charge in [0.1, 0.15) is 5.82 Å². The van der Waals surface area contributed by atoms with Crippen LogP contribution in [0.1, 0.15) is 22.3 Å². The van der Waals surface area contributed by atoms with Gasteiger partial charge in [0.25, 0.3) is 0 Å². The molecule has 0 saturated carbocycles. The number of anilines is 2. The van der Waals surface area contributed by atoms with E-state index in [9.17, 15) is 13.2 Å². The largest absolute Gasteiger partial charge is 0.418 e. The van der Waals surface area contributed by atoms with E-state index >= 15 is 0 Å². The fourth-order valence-corrected chi connectivity index (χ4v) is 2.63. The lowest BCUT2D eigenvalue weighted by molar-refractivity contribution is -0.136. The maximum Gasteiger partial charge on any atom is 0.418 e. The lowest BCUT2D eigenvalue weighted by atomic mass is 10.0. The van der Waals surface area contributed by atoms with Gasteiger partial charge in [-0.2, -0.15) is 18.4 Å². The number of hydrogen-bond donors (Lipinski definition) is 1. The molecule has 1 aromatic heterocycles. The van der Waals surface area contributed by atoms with Crippen LogP contribution in [0.15, 0.2) is 42.6 Å². The van der Waals surface area contributed by atoms with Gasteiger partial charge in [-0.3, -0.25) is 0 Å². The van der Waals surface area contributed by atoms with E-state index in [1.54, 1.807) is 12.3 Å². The molecule has 3 rings (SSSR count). The first-order valence-corrected chi connectivity index (χ1v) is 7.54. The Bertz CT molecular complexity index is 1000. The van der Waals surface area contributed by atoms with E-state index in [1.165, 1.54) is 12.1 Å². The molecule has 0 amide bonds. The van der Waals surface area contributed by atoms with Gasteiger partial charge in [0.2, 0.25) is 0 Å². The van der Waals surface area contributed by atoms with Crippen molar-refractivity contribution in [3.05, 3.63) is 64.8 Å². The molecule has 25 heavy (non-hydrogen) atoms. The molecular formula is C19H14F3N3. The van der Waals surface area contributed by atoms with E-state index < -0.39 is 11.7 Å². The van der Waals surface area contributed by atoms with Crippen LogP contribution in [0, 0.1) is 25.2 Å². The van der Waals surface area contributed by atoms with Crippen molar-refractivity contribution in [2.45, 2.75) is 20.0 Å². The Kier molecular flexibility index (Phi) is 4.09. The molecule has 0 aliphatic heterocycles. The molecule has 0 unspecified atom stereocenters. The zero-order chi connectivity index (χ0) is 18.2. The van der Waals surface area contributed by atoms with Gasteiger partial charge < -0.3 is 5.32 Å². The number of fused-ring (bicyclic) bond motifs is 1. The number of aryl methyl sites for hydroxylation is 2. The van der Waals surface area contributed by atoms with Crippen molar-refractivity contribution < 1.29 is 13.2 Å². The molecule has 0 radical (unpaired) electrons. The summed E-state index contributed by atoms with van der Waals surface area (Å²) in [4.78, 5) is 4.20. The van der Waals surface area contributed by atoms with Crippen LogP contribution in [0.5, 0.6) is 0 Å². The molecule has 0 aliphatic carbocycles. The van der Waals surface area contributed by atoms with E-state index in [0.717, 1.165) is 28.0 Å². The zero-order valence-corrected chi connectivity index (χ0v) is 13.6. The summed E-state index contributed by atoms with van der Waals surface area (Å²) in [6.07, 6.45) is -3.03. The fraction of sp³-hybridized carbons (Fsp3) is 0.158. The summed E-state index contributed by atoms with van der Waals surface area (Å²) in [5.74, 6) is 0.343. The smallest absolute Gasteiger partial charge is 0.339 e. The standard InChI is InChI=1S/C19H14F3N3/c1-11-7-14-5-6-24-18(15(14)8-12(11)2)25-17-4-3-13(10-23)9-16(17)19(20,21)22/h3-9H,1-2H3,(H,24,25). The molecule has 0 aliphatic rings. The van der Waals surface area contributed by atoms with Crippen molar-refractivity contribution in [2.24, 2.45) is 0 Å². The number of rotatable bonds is 2. The summed E-state index contributed by atoms with van der Waals surface area (Å²) in [7, 11) is 0. The molecule has 0 bridgehead atoms. The van der Waals surface area contributed by atoms with Gasteiger partial charge in [-0.15, -0.1) is 0 Å².